The van der Waals surface area contributed by atoms with Crippen LogP contribution in [0.2, 0.25) is 0 Å². The third-order valence-corrected chi connectivity index (χ3v) is 3.65. The summed E-state index contributed by atoms with van der Waals surface area (Å²) in [5, 5.41) is 0. The molecule has 0 radical (unpaired) electrons. The Bertz CT molecular complexity index is 138. The van der Waals surface area contributed by atoms with Crippen LogP contribution in [0.15, 0.2) is 0 Å². The molecular formula is C11H21N. The third kappa shape index (κ3) is 2.22. The van der Waals surface area contributed by atoms with Crippen molar-refractivity contribution in [3.63, 3.8) is 0 Å². The van der Waals surface area contributed by atoms with Gasteiger partial charge in [0, 0.05) is 6.04 Å². The third-order valence-electron chi connectivity index (χ3n) is 3.65. The Hall–Kier alpha value is -0.0400. The lowest BCUT2D eigenvalue weighted by atomic mass is 9.85. The largest absolute Gasteiger partial charge is 0.327 e. The quantitative estimate of drug-likeness (QED) is 0.687. The van der Waals surface area contributed by atoms with Crippen molar-refractivity contribution in [3.05, 3.63) is 0 Å². The molecule has 70 valence electrons. The average molecular weight is 167 g/mol. The highest BCUT2D eigenvalue weighted by Crippen LogP contribution is 2.36. The van der Waals surface area contributed by atoms with Crippen molar-refractivity contribution in [3.8, 4) is 0 Å². The number of hydrogen-bond acceptors (Lipinski definition) is 1. The minimum atomic E-state index is 0.577. The van der Waals surface area contributed by atoms with Crippen LogP contribution in [0.4, 0.5) is 0 Å². The van der Waals surface area contributed by atoms with Crippen molar-refractivity contribution in [1.82, 2.24) is 0 Å². The van der Waals surface area contributed by atoms with Crippen molar-refractivity contribution in [1.29, 1.82) is 0 Å². The van der Waals surface area contributed by atoms with Crippen LogP contribution in [0.1, 0.15) is 51.4 Å². The molecule has 1 nitrogen and oxygen atoms in total. The molecule has 2 rings (SSSR count). The van der Waals surface area contributed by atoms with E-state index in [0.717, 1.165) is 11.8 Å². The topological polar surface area (TPSA) is 26.0 Å². The zero-order chi connectivity index (χ0) is 8.39. The van der Waals surface area contributed by atoms with E-state index in [0.29, 0.717) is 6.04 Å². The summed E-state index contributed by atoms with van der Waals surface area (Å²) >= 11 is 0. The molecule has 0 aromatic rings. The van der Waals surface area contributed by atoms with Gasteiger partial charge in [0.05, 0.1) is 0 Å². The minimum absolute atomic E-state index is 0.577. The Morgan fingerprint density at radius 2 is 1.67 bits per heavy atom. The van der Waals surface area contributed by atoms with E-state index in [4.69, 9.17) is 5.73 Å². The highest BCUT2D eigenvalue weighted by molar-refractivity contribution is 4.90. The van der Waals surface area contributed by atoms with Crippen LogP contribution in [-0.2, 0) is 0 Å². The van der Waals surface area contributed by atoms with Crippen LogP contribution >= 0.6 is 0 Å². The van der Waals surface area contributed by atoms with E-state index in [1.54, 1.807) is 0 Å². The molecule has 0 heterocycles. The number of rotatable bonds is 3. The SMILES string of the molecule is NC1CC1CCC1CCCCC1. The maximum atomic E-state index is 5.78. The van der Waals surface area contributed by atoms with Gasteiger partial charge in [-0.3, -0.25) is 0 Å². The van der Waals surface area contributed by atoms with E-state index in [9.17, 15) is 0 Å². The monoisotopic (exact) mass is 167 g/mol. The molecule has 12 heavy (non-hydrogen) atoms. The lowest BCUT2D eigenvalue weighted by Crippen LogP contribution is -2.08. The van der Waals surface area contributed by atoms with Gasteiger partial charge in [-0.2, -0.15) is 0 Å². The van der Waals surface area contributed by atoms with Gasteiger partial charge in [0.2, 0.25) is 0 Å². The first kappa shape index (κ1) is 8.55. The molecule has 0 aromatic carbocycles. The maximum Gasteiger partial charge on any atom is 0.00709 e. The van der Waals surface area contributed by atoms with Gasteiger partial charge < -0.3 is 5.73 Å². The van der Waals surface area contributed by atoms with Gasteiger partial charge in [-0.05, 0) is 24.7 Å². The fourth-order valence-corrected chi connectivity index (χ4v) is 2.53. The predicted molar refractivity (Wildman–Crippen MR) is 51.9 cm³/mol. The molecule has 2 saturated carbocycles. The molecule has 0 saturated heterocycles. The van der Waals surface area contributed by atoms with E-state index < -0.39 is 0 Å². The zero-order valence-electron chi connectivity index (χ0n) is 7.97. The zero-order valence-corrected chi connectivity index (χ0v) is 7.97. The summed E-state index contributed by atoms with van der Waals surface area (Å²) in [5.74, 6) is 1.97. The van der Waals surface area contributed by atoms with Gasteiger partial charge in [-0.1, -0.05) is 38.5 Å². The van der Waals surface area contributed by atoms with E-state index >= 15 is 0 Å². The molecule has 2 aliphatic carbocycles. The smallest absolute Gasteiger partial charge is 0.00709 e. The number of hydrogen-bond donors (Lipinski definition) is 1. The van der Waals surface area contributed by atoms with Crippen LogP contribution in [0, 0.1) is 11.8 Å². The van der Waals surface area contributed by atoms with Crippen LogP contribution in [0.3, 0.4) is 0 Å². The Balaban J connectivity index is 1.59. The van der Waals surface area contributed by atoms with Gasteiger partial charge >= 0.3 is 0 Å². The second-order valence-electron chi connectivity index (χ2n) is 4.74. The first-order valence-corrected chi connectivity index (χ1v) is 5.62. The molecular weight excluding hydrogens is 146 g/mol. The van der Waals surface area contributed by atoms with Crippen LogP contribution in [-0.4, -0.2) is 6.04 Å². The molecule has 0 bridgehead atoms. The van der Waals surface area contributed by atoms with Gasteiger partial charge in [0.1, 0.15) is 0 Å². The van der Waals surface area contributed by atoms with E-state index in [2.05, 4.69) is 0 Å². The van der Waals surface area contributed by atoms with E-state index in [-0.39, 0.29) is 0 Å². The Kier molecular flexibility index (Phi) is 2.69. The molecule has 2 fully saturated rings. The molecule has 1 heteroatoms. The fraction of sp³-hybridized carbons (Fsp3) is 1.00. The Labute approximate surface area is 75.7 Å². The summed E-state index contributed by atoms with van der Waals surface area (Å²) in [6, 6.07) is 0.577. The second kappa shape index (κ2) is 3.78. The van der Waals surface area contributed by atoms with Crippen LogP contribution in [0.5, 0.6) is 0 Å². The molecule has 0 spiro atoms. The molecule has 2 N–H and O–H groups in total. The Morgan fingerprint density at radius 1 is 1.00 bits per heavy atom. The summed E-state index contributed by atoms with van der Waals surface area (Å²) in [4.78, 5) is 0. The van der Waals surface area contributed by atoms with Crippen molar-refractivity contribution in [2.45, 2.75) is 57.4 Å². The van der Waals surface area contributed by atoms with Gasteiger partial charge in [0.15, 0.2) is 0 Å². The lowest BCUT2D eigenvalue weighted by molar-refractivity contribution is 0.326. The molecule has 2 unspecified atom stereocenters. The summed E-state index contributed by atoms with van der Waals surface area (Å²) in [7, 11) is 0. The van der Waals surface area contributed by atoms with E-state index in [1.807, 2.05) is 0 Å². The van der Waals surface area contributed by atoms with E-state index in [1.165, 1.54) is 51.4 Å². The highest BCUT2D eigenvalue weighted by atomic mass is 14.7. The van der Waals surface area contributed by atoms with Gasteiger partial charge in [0.25, 0.3) is 0 Å². The van der Waals surface area contributed by atoms with Crippen molar-refractivity contribution in [2.24, 2.45) is 17.6 Å². The van der Waals surface area contributed by atoms with Crippen molar-refractivity contribution < 1.29 is 0 Å². The first-order valence-electron chi connectivity index (χ1n) is 5.62. The van der Waals surface area contributed by atoms with Gasteiger partial charge in [-0.15, -0.1) is 0 Å². The standard InChI is InChI=1S/C11H21N/c12-11-8-10(11)7-6-9-4-2-1-3-5-9/h9-11H,1-8,12H2. The fourth-order valence-electron chi connectivity index (χ4n) is 2.53. The number of nitrogens with two attached hydrogens (primary N) is 1. The molecule has 2 aliphatic rings. The Morgan fingerprint density at radius 3 is 2.25 bits per heavy atom. The molecule has 2 atom stereocenters. The predicted octanol–water partition coefficient (Wildman–Crippen LogP) is 2.69. The maximum absolute atomic E-state index is 5.78. The average Bonchev–Trinajstić information content (AvgIpc) is 2.81. The van der Waals surface area contributed by atoms with Crippen molar-refractivity contribution >= 4 is 0 Å². The first-order chi connectivity index (χ1) is 5.86. The second-order valence-corrected chi connectivity index (χ2v) is 4.74. The summed E-state index contributed by atoms with van der Waals surface area (Å²) in [6.45, 7) is 0. The van der Waals surface area contributed by atoms with Crippen molar-refractivity contribution in [2.75, 3.05) is 0 Å². The van der Waals surface area contributed by atoms with Gasteiger partial charge in [-0.25, -0.2) is 0 Å². The molecule has 0 amide bonds. The molecule has 0 aromatic heterocycles. The van der Waals surface area contributed by atoms with Crippen LogP contribution < -0.4 is 5.73 Å². The lowest BCUT2D eigenvalue weighted by Gasteiger charge is -2.21. The summed E-state index contributed by atoms with van der Waals surface area (Å²) in [6.07, 6.45) is 11.7. The minimum Gasteiger partial charge on any atom is -0.327 e. The van der Waals surface area contributed by atoms with Crippen LogP contribution in [0.25, 0.3) is 0 Å². The summed E-state index contributed by atoms with van der Waals surface area (Å²) in [5.41, 5.74) is 5.78. The normalized spacial score (nSPS) is 36.8. The summed E-state index contributed by atoms with van der Waals surface area (Å²) < 4.78 is 0. The highest BCUT2D eigenvalue weighted by Gasteiger charge is 2.33. The molecule has 0 aliphatic heterocycles.